The number of anilines is 1. The first-order valence-electron chi connectivity index (χ1n) is 6.99. The predicted octanol–water partition coefficient (Wildman–Crippen LogP) is 1.93. The van der Waals surface area contributed by atoms with Crippen molar-refractivity contribution in [1.82, 2.24) is 5.32 Å². The number of nitrogen functional groups attached to an aromatic ring is 1. The molecule has 2 rings (SSSR count). The lowest BCUT2D eigenvalue weighted by Crippen LogP contribution is -2.35. The van der Waals surface area contributed by atoms with Gasteiger partial charge in [-0.3, -0.25) is 4.79 Å². The van der Waals surface area contributed by atoms with Crippen LogP contribution in [0.2, 0.25) is 0 Å². The first-order chi connectivity index (χ1) is 9.97. The molecule has 5 nitrogen and oxygen atoms in total. The summed E-state index contributed by atoms with van der Waals surface area (Å²) in [5.41, 5.74) is 6.06. The highest BCUT2D eigenvalue weighted by atomic mass is 19.1. The van der Waals surface area contributed by atoms with Crippen LogP contribution in [0.15, 0.2) is 12.1 Å². The molecule has 0 radical (unpaired) electrons. The zero-order valence-electron chi connectivity index (χ0n) is 11.9. The van der Waals surface area contributed by atoms with E-state index in [1.807, 2.05) is 0 Å². The molecule has 1 amide bonds. The summed E-state index contributed by atoms with van der Waals surface area (Å²) in [6, 6.07) is 2.57. The van der Waals surface area contributed by atoms with Gasteiger partial charge < -0.3 is 15.8 Å². The van der Waals surface area contributed by atoms with E-state index in [0.29, 0.717) is 0 Å². The standard InChI is InChI=1S/C15H19FN2O3/c1-9-12(16)6-10(7-13(9)17)15(20)21-8-14(19)18-11-4-2-3-5-11/h6-7,11H,2-5,8,17H2,1H3,(H,18,19). The number of carbonyl (C=O) groups is 2. The number of ether oxygens (including phenoxy) is 1. The zero-order valence-corrected chi connectivity index (χ0v) is 11.9. The molecular formula is C15H19FN2O3. The summed E-state index contributed by atoms with van der Waals surface area (Å²) in [4.78, 5) is 23.4. The fourth-order valence-electron chi connectivity index (χ4n) is 2.37. The number of carbonyl (C=O) groups excluding carboxylic acids is 2. The molecule has 0 heterocycles. The number of nitrogens with two attached hydrogens (primary N) is 1. The van der Waals surface area contributed by atoms with E-state index in [1.165, 1.54) is 13.0 Å². The Morgan fingerprint density at radius 2 is 2.05 bits per heavy atom. The summed E-state index contributed by atoms with van der Waals surface area (Å²) in [6.45, 7) is 1.15. The molecule has 0 aromatic heterocycles. The lowest BCUT2D eigenvalue weighted by molar-refractivity contribution is -0.124. The molecule has 0 spiro atoms. The van der Waals surface area contributed by atoms with Crippen molar-refractivity contribution in [2.45, 2.75) is 38.6 Å². The summed E-state index contributed by atoms with van der Waals surface area (Å²) < 4.78 is 18.4. The van der Waals surface area contributed by atoms with Gasteiger partial charge >= 0.3 is 5.97 Å². The van der Waals surface area contributed by atoms with Crippen molar-refractivity contribution in [2.24, 2.45) is 0 Å². The maximum atomic E-state index is 13.5. The van der Waals surface area contributed by atoms with E-state index in [2.05, 4.69) is 5.32 Å². The molecule has 1 aliphatic rings. The lowest BCUT2D eigenvalue weighted by atomic mass is 10.1. The molecule has 0 aliphatic heterocycles. The fourth-order valence-corrected chi connectivity index (χ4v) is 2.37. The van der Waals surface area contributed by atoms with Gasteiger partial charge in [-0.25, -0.2) is 9.18 Å². The molecule has 1 aliphatic carbocycles. The topological polar surface area (TPSA) is 81.4 Å². The molecule has 1 fully saturated rings. The van der Waals surface area contributed by atoms with Gasteiger partial charge in [0.15, 0.2) is 6.61 Å². The van der Waals surface area contributed by atoms with Gasteiger partial charge in [0.1, 0.15) is 5.82 Å². The van der Waals surface area contributed by atoms with Crippen molar-refractivity contribution < 1.29 is 18.7 Å². The van der Waals surface area contributed by atoms with Gasteiger partial charge in [0.25, 0.3) is 5.91 Å². The van der Waals surface area contributed by atoms with Crippen molar-refractivity contribution in [2.75, 3.05) is 12.3 Å². The van der Waals surface area contributed by atoms with E-state index in [9.17, 15) is 14.0 Å². The van der Waals surface area contributed by atoms with Crippen LogP contribution in [0.3, 0.4) is 0 Å². The number of rotatable bonds is 4. The van der Waals surface area contributed by atoms with Crippen molar-refractivity contribution in [1.29, 1.82) is 0 Å². The molecule has 1 aromatic carbocycles. The first kappa shape index (κ1) is 15.3. The van der Waals surface area contributed by atoms with Crippen molar-refractivity contribution >= 4 is 17.6 Å². The van der Waals surface area contributed by atoms with Gasteiger partial charge in [-0.1, -0.05) is 12.8 Å². The number of hydrogen-bond donors (Lipinski definition) is 2. The summed E-state index contributed by atoms with van der Waals surface area (Å²) >= 11 is 0. The van der Waals surface area contributed by atoms with E-state index in [0.717, 1.165) is 31.7 Å². The van der Waals surface area contributed by atoms with Gasteiger partial charge in [0.2, 0.25) is 0 Å². The van der Waals surface area contributed by atoms with Crippen LogP contribution < -0.4 is 11.1 Å². The van der Waals surface area contributed by atoms with Crippen LogP contribution in [0.1, 0.15) is 41.6 Å². The van der Waals surface area contributed by atoms with Crippen LogP contribution >= 0.6 is 0 Å². The SMILES string of the molecule is Cc1c(N)cc(C(=O)OCC(=O)NC2CCCC2)cc1F. The second-order valence-electron chi connectivity index (χ2n) is 5.30. The zero-order chi connectivity index (χ0) is 15.4. The van der Waals surface area contributed by atoms with Gasteiger partial charge in [-0.15, -0.1) is 0 Å². The molecule has 0 saturated heterocycles. The molecule has 3 N–H and O–H groups in total. The van der Waals surface area contributed by atoms with Gasteiger partial charge in [-0.05, 0) is 31.9 Å². The summed E-state index contributed by atoms with van der Waals surface area (Å²) in [5.74, 6) is -1.67. The highest BCUT2D eigenvalue weighted by molar-refractivity contribution is 5.92. The van der Waals surface area contributed by atoms with Crippen LogP contribution in [0, 0.1) is 12.7 Å². The van der Waals surface area contributed by atoms with E-state index < -0.39 is 11.8 Å². The van der Waals surface area contributed by atoms with Crippen LogP contribution in [-0.4, -0.2) is 24.5 Å². The quantitative estimate of drug-likeness (QED) is 0.656. The number of amides is 1. The highest BCUT2D eigenvalue weighted by Gasteiger charge is 2.18. The summed E-state index contributed by atoms with van der Waals surface area (Å²) in [6.07, 6.45) is 4.12. The minimum atomic E-state index is -0.762. The third kappa shape index (κ3) is 3.93. The number of halogens is 1. The Balaban J connectivity index is 1.88. The molecule has 1 aromatic rings. The third-order valence-corrected chi connectivity index (χ3v) is 3.67. The van der Waals surface area contributed by atoms with Crippen molar-refractivity contribution in [3.63, 3.8) is 0 Å². The van der Waals surface area contributed by atoms with E-state index in [-0.39, 0.29) is 35.4 Å². The van der Waals surface area contributed by atoms with Crippen LogP contribution in [-0.2, 0) is 9.53 Å². The molecule has 6 heteroatoms. The van der Waals surface area contributed by atoms with Crippen LogP contribution in [0.5, 0.6) is 0 Å². The molecule has 1 saturated carbocycles. The van der Waals surface area contributed by atoms with E-state index >= 15 is 0 Å². The first-order valence-corrected chi connectivity index (χ1v) is 6.99. The maximum absolute atomic E-state index is 13.5. The molecule has 0 unspecified atom stereocenters. The minimum absolute atomic E-state index is 0.00395. The highest BCUT2D eigenvalue weighted by Crippen LogP contribution is 2.19. The maximum Gasteiger partial charge on any atom is 0.338 e. The number of hydrogen-bond acceptors (Lipinski definition) is 4. The third-order valence-electron chi connectivity index (χ3n) is 3.67. The molecule has 114 valence electrons. The van der Waals surface area contributed by atoms with Crippen molar-refractivity contribution in [3.05, 3.63) is 29.1 Å². The Morgan fingerprint density at radius 3 is 2.67 bits per heavy atom. The van der Waals surface area contributed by atoms with Gasteiger partial charge in [0.05, 0.1) is 5.56 Å². The van der Waals surface area contributed by atoms with E-state index in [4.69, 9.17) is 10.5 Å². The Kier molecular flexibility index (Phi) is 4.77. The van der Waals surface area contributed by atoms with Crippen LogP contribution in [0.4, 0.5) is 10.1 Å². The summed E-state index contributed by atoms with van der Waals surface area (Å²) in [5, 5.41) is 2.80. The van der Waals surface area contributed by atoms with E-state index in [1.54, 1.807) is 0 Å². The number of benzene rings is 1. The Labute approximate surface area is 122 Å². The van der Waals surface area contributed by atoms with Gasteiger partial charge in [-0.2, -0.15) is 0 Å². The second kappa shape index (κ2) is 6.56. The average Bonchev–Trinajstić information content (AvgIpc) is 2.94. The van der Waals surface area contributed by atoms with Crippen LogP contribution in [0.25, 0.3) is 0 Å². The molecule has 21 heavy (non-hydrogen) atoms. The second-order valence-corrected chi connectivity index (χ2v) is 5.30. The Morgan fingerprint density at radius 1 is 1.38 bits per heavy atom. The molecular weight excluding hydrogens is 275 g/mol. The normalized spacial score (nSPS) is 15.0. The Hall–Kier alpha value is -2.11. The van der Waals surface area contributed by atoms with Gasteiger partial charge in [0, 0.05) is 17.3 Å². The minimum Gasteiger partial charge on any atom is -0.452 e. The molecule has 0 atom stereocenters. The number of esters is 1. The average molecular weight is 294 g/mol. The summed E-state index contributed by atoms with van der Waals surface area (Å²) in [7, 11) is 0. The smallest absolute Gasteiger partial charge is 0.338 e. The fraction of sp³-hybridized carbons (Fsp3) is 0.467. The Bertz CT molecular complexity index is 531. The predicted molar refractivity (Wildman–Crippen MR) is 76.2 cm³/mol. The number of nitrogens with one attached hydrogen (secondary N) is 1. The lowest BCUT2D eigenvalue weighted by Gasteiger charge is -2.12. The monoisotopic (exact) mass is 294 g/mol. The largest absolute Gasteiger partial charge is 0.452 e. The van der Waals surface area contributed by atoms with Crippen molar-refractivity contribution in [3.8, 4) is 0 Å². The molecule has 0 bridgehead atoms.